The molecule has 1 heterocycles. The number of hydrogen-bond donors (Lipinski definition) is 2. The first kappa shape index (κ1) is 10.6. The van der Waals surface area contributed by atoms with Crippen LogP contribution in [0.5, 0.6) is 0 Å². The second-order valence-corrected chi connectivity index (χ2v) is 4.39. The lowest BCUT2D eigenvalue weighted by atomic mass is 10.1. The predicted molar refractivity (Wildman–Crippen MR) is 57.1 cm³/mol. The third kappa shape index (κ3) is 3.06. The minimum absolute atomic E-state index is 0.00891. The quantitative estimate of drug-likeness (QED) is 0.699. The Kier molecular flexibility index (Phi) is 3.84. The van der Waals surface area contributed by atoms with Crippen LogP contribution in [0.3, 0.4) is 0 Å². The maximum absolute atomic E-state index is 4.30. The Bertz CT molecular complexity index is 231. The van der Waals surface area contributed by atoms with Crippen molar-refractivity contribution in [3.05, 3.63) is 16.6 Å². The van der Waals surface area contributed by atoms with E-state index in [0.717, 1.165) is 18.1 Å². The summed E-state index contributed by atoms with van der Waals surface area (Å²) in [6.45, 7) is 6.25. The van der Waals surface area contributed by atoms with Crippen LogP contribution in [0.1, 0.15) is 18.9 Å². The molecule has 1 aromatic heterocycles. The van der Waals surface area contributed by atoms with Crippen LogP contribution in [0.2, 0.25) is 0 Å². The third-order valence-electron chi connectivity index (χ3n) is 1.91. The Labute approximate surface area is 83.6 Å². The molecule has 1 rings (SSSR count). The van der Waals surface area contributed by atoms with Crippen molar-refractivity contribution < 1.29 is 0 Å². The molecule has 0 aliphatic carbocycles. The standard InChI is InChI=1S/C9H17N3S/c1-9(2,12-5-4-10-3)8-11-6-7-13-8/h6-7,10,12H,4-5H2,1-3H3. The second kappa shape index (κ2) is 4.69. The van der Waals surface area contributed by atoms with E-state index in [1.165, 1.54) is 0 Å². The van der Waals surface area contributed by atoms with Gasteiger partial charge in [-0.05, 0) is 20.9 Å². The van der Waals surface area contributed by atoms with Crippen LogP contribution in [0.15, 0.2) is 11.6 Å². The first-order chi connectivity index (χ1) is 6.17. The third-order valence-corrected chi connectivity index (χ3v) is 3.01. The van der Waals surface area contributed by atoms with Gasteiger partial charge in [-0.15, -0.1) is 11.3 Å². The summed E-state index contributed by atoms with van der Waals surface area (Å²) in [5.74, 6) is 0. The van der Waals surface area contributed by atoms with Crippen molar-refractivity contribution in [1.29, 1.82) is 0 Å². The summed E-state index contributed by atoms with van der Waals surface area (Å²) in [6.07, 6.45) is 1.85. The van der Waals surface area contributed by atoms with Gasteiger partial charge in [-0.25, -0.2) is 4.98 Å². The largest absolute Gasteiger partial charge is 0.318 e. The molecule has 0 amide bonds. The molecule has 1 aromatic rings. The van der Waals surface area contributed by atoms with E-state index in [1.807, 2.05) is 18.6 Å². The van der Waals surface area contributed by atoms with E-state index >= 15 is 0 Å². The van der Waals surface area contributed by atoms with E-state index in [4.69, 9.17) is 0 Å². The Morgan fingerprint density at radius 1 is 1.46 bits per heavy atom. The molecule has 2 N–H and O–H groups in total. The van der Waals surface area contributed by atoms with E-state index in [1.54, 1.807) is 11.3 Å². The van der Waals surface area contributed by atoms with Gasteiger partial charge in [-0.1, -0.05) is 0 Å². The lowest BCUT2D eigenvalue weighted by Crippen LogP contribution is -2.39. The van der Waals surface area contributed by atoms with E-state index in [0.29, 0.717) is 0 Å². The average molecular weight is 199 g/mol. The first-order valence-corrected chi connectivity index (χ1v) is 5.34. The molecular weight excluding hydrogens is 182 g/mol. The molecule has 4 heteroatoms. The monoisotopic (exact) mass is 199 g/mol. The predicted octanol–water partition coefficient (Wildman–Crippen LogP) is 1.19. The molecule has 0 aliphatic heterocycles. The maximum Gasteiger partial charge on any atom is 0.112 e. The minimum atomic E-state index is -0.00891. The van der Waals surface area contributed by atoms with Gasteiger partial charge in [0.15, 0.2) is 0 Å². The lowest BCUT2D eigenvalue weighted by Gasteiger charge is -2.23. The summed E-state index contributed by atoms with van der Waals surface area (Å²) in [5, 5.41) is 9.71. The van der Waals surface area contributed by atoms with Gasteiger partial charge >= 0.3 is 0 Å². The van der Waals surface area contributed by atoms with Gasteiger partial charge in [0, 0.05) is 24.7 Å². The highest BCUT2D eigenvalue weighted by atomic mass is 32.1. The van der Waals surface area contributed by atoms with Gasteiger partial charge in [0.2, 0.25) is 0 Å². The van der Waals surface area contributed by atoms with Crippen LogP contribution in [-0.4, -0.2) is 25.1 Å². The van der Waals surface area contributed by atoms with Crippen LogP contribution in [-0.2, 0) is 5.54 Å². The lowest BCUT2D eigenvalue weighted by molar-refractivity contribution is 0.402. The minimum Gasteiger partial charge on any atom is -0.318 e. The number of nitrogens with zero attached hydrogens (tertiary/aromatic N) is 1. The van der Waals surface area contributed by atoms with Crippen molar-refractivity contribution in [2.24, 2.45) is 0 Å². The normalized spacial score (nSPS) is 11.9. The highest BCUT2D eigenvalue weighted by molar-refractivity contribution is 7.09. The first-order valence-electron chi connectivity index (χ1n) is 4.46. The molecule has 0 radical (unpaired) electrons. The van der Waals surface area contributed by atoms with Gasteiger partial charge in [0.05, 0.1) is 5.54 Å². The summed E-state index contributed by atoms with van der Waals surface area (Å²) in [4.78, 5) is 4.30. The molecule has 0 bridgehead atoms. The molecular formula is C9H17N3S. The number of hydrogen-bond acceptors (Lipinski definition) is 4. The molecule has 74 valence electrons. The van der Waals surface area contributed by atoms with E-state index < -0.39 is 0 Å². The number of rotatable bonds is 5. The van der Waals surface area contributed by atoms with Crippen LogP contribution in [0, 0.1) is 0 Å². The zero-order chi connectivity index (χ0) is 9.73. The van der Waals surface area contributed by atoms with Crippen molar-refractivity contribution in [1.82, 2.24) is 15.6 Å². The fourth-order valence-corrected chi connectivity index (χ4v) is 1.85. The van der Waals surface area contributed by atoms with Crippen molar-refractivity contribution in [3.63, 3.8) is 0 Å². The average Bonchev–Trinajstić information content (AvgIpc) is 2.56. The second-order valence-electron chi connectivity index (χ2n) is 3.49. The Balaban J connectivity index is 2.46. The topological polar surface area (TPSA) is 37.0 Å². The molecule has 0 atom stereocenters. The highest BCUT2D eigenvalue weighted by Gasteiger charge is 2.21. The van der Waals surface area contributed by atoms with E-state index in [9.17, 15) is 0 Å². The van der Waals surface area contributed by atoms with Gasteiger partial charge < -0.3 is 10.6 Å². The molecule has 0 unspecified atom stereocenters. The SMILES string of the molecule is CNCCNC(C)(C)c1nccs1. The van der Waals surface area contributed by atoms with Crippen LogP contribution in [0.25, 0.3) is 0 Å². The van der Waals surface area contributed by atoms with Gasteiger partial charge in [0.1, 0.15) is 5.01 Å². The summed E-state index contributed by atoms with van der Waals surface area (Å²) < 4.78 is 0. The molecule has 0 spiro atoms. The van der Waals surface area contributed by atoms with Crippen LogP contribution >= 0.6 is 11.3 Å². The Morgan fingerprint density at radius 2 is 2.23 bits per heavy atom. The molecule has 0 fully saturated rings. The number of thiazole rings is 1. The Morgan fingerprint density at radius 3 is 2.77 bits per heavy atom. The van der Waals surface area contributed by atoms with Gasteiger partial charge in [0.25, 0.3) is 0 Å². The maximum atomic E-state index is 4.30. The van der Waals surface area contributed by atoms with Crippen LogP contribution < -0.4 is 10.6 Å². The molecule has 0 aromatic carbocycles. The van der Waals surface area contributed by atoms with Gasteiger partial charge in [-0.2, -0.15) is 0 Å². The van der Waals surface area contributed by atoms with Crippen molar-refractivity contribution >= 4 is 11.3 Å². The summed E-state index contributed by atoms with van der Waals surface area (Å²) in [5.41, 5.74) is -0.00891. The number of nitrogens with one attached hydrogen (secondary N) is 2. The molecule has 0 aliphatic rings. The fraction of sp³-hybridized carbons (Fsp3) is 0.667. The number of aromatic nitrogens is 1. The summed E-state index contributed by atoms with van der Waals surface area (Å²) in [6, 6.07) is 0. The highest BCUT2D eigenvalue weighted by Crippen LogP contribution is 2.21. The smallest absolute Gasteiger partial charge is 0.112 e. The van der Waals surface area contributed by atoms with Crippen molar-refractivity contribution in [2.75, 3.05) is 20.1 Å². The molecule has 0 saturated carbocycles. The molecule has 0 saturated heterocycles. The molecule has 13 heavy (non-hydrogen) atoms. The van der Waals surface area contributed by atoms with E-state index in [2.05, 4.69) is 29.5 Å². The summed E-state index contributed by atoms with van der Waals surface area (Å²) in [7, 11) is 1.96. The zero-order valence-corrected chi connectivity index (χ0v) is 9.24. The fourth-order valence-electron chi connectivity index (χ4n) is 1.11. The number of likely N-dealkylation sites (N-methyl/N-ethyl adjacent to an activating group) is 1. The summed E-state index contributed by atoms with van der Waals surface area (Å²) >= 11 is 1.69. The van der Waals surface area contributed by atoms with E-state index in [-0.39, 0.29) is 5.54 Å². The van der Waals surface area contributed by atoms with Crippen molar-refractivity contribution in [2.45, 2.75) is 19.4 Å². The molecule has 3 nitrogen and oxygen atoms in total. The Hall–Kier alpha value is -0.450. The van der Waals surface area contributed by atoms with Crippen LogP contribution in [0.4, 0.5) is 0 Å². The van der Waals surface area contributed by atoms with Crippen molar-refractivity contribution in [3.8, 4) is 0 Å². The zero-order valence-electron chi connectivity index (χ0n) is 8.42. The van der Waals surface area contributed by atoms with Gasteiger partial charge in [-0.3, -0.25) is 0 Å².